The number of nitrogens with one attached hydrogen (secondary N) is 2. The number of aromatic carboxylic acids is 2. The fourth-order valence-electron chi connectivity index (χ4n) is 1.29. The van der Waals surface area contributed by atoms with Gasteiger partial charge >= 0.3 is 11.9 Å². The largest absolute Gasteiger partial charge is 0.478 e. The van der Waals surface area contributed by atoms with Crippen molar-refractivity contribution in [3.8, 4) is 0 Å². The molecule has 1 aromatic rings. The van der Waals surface area contributed by atoms with Gasteiger partial charge in [-0.1, -0.05) is 0 Å². The first kappa shape index (κ1) is 15.9. The van der Waals surface area contributed by atoms with Crippen LogP contribution in [0.25, 0.3) is 0 Å². The summed E-state index contributed by atoms with van der Waals surface area (Å²) in [5.41, 5.74) is 4.54. The molecular formula is C10H12N2O7S. The predicted molar refractivity (Wildman–Crippen MR) is 68.4 cm³/mol. The SMILES string of the molecule is O=C(O)c1cc(NNCCS(=O)(=O)O)cc(C(=O)O)c1. The number of benzene rings is 1. The van der Waals surface area contributed by atoms with Crippen LogP contribution in [0.15, 0.2) is 18.2 Å². The molecule has 110 valence electrons. The lowest BCUT2D eigenvalue weighted by molar-refractivity contribution is 0.0696. The molecule has 0 aromatic heterocycles. The smallest absolute Gasteiger partial charge is 0.335 e. The zero-order valence-electron chi connectivity index (χ0n) is 10.0. The van der Waals surface area contributed by atoms with Crippen LogP contribution in [0.2, 0.25) is 0 Å². The van der Waals surface area contributed by atoms with E-state index in [-0.39, 0.29) is 23.4 Å². The lowest BCUT2D eigenvalue weighted by Crippen LogP contribution is -2.28. The zero-order valence-corrected chi connectivity index (χ0v) is 10.8. The van der Waals surface area contributed by atoms with Crippen LogP contribution in [0.4, 0.5) is 5.69 Å². The first-order valence-corrected chi connectivity index (χ1v) is 6.85. The van der Waals surface area contributed by atoms with Crippen LogP contribution in [-0.2, 0) is 10.1 Å². The molecule has 1 aromatic carbocycles. The van der Waals surface area contributed by atoms with Crippen molar-refractivity contribution < 1.29 is 32.8 Å². The lowest BCUT2D eigenvalue weighted by atomic mass is 10.1. The third-order valence-electron chi connectivity index (χ3n) is 2.14. The van der Waals surface area contributed by atoms with Crippen molar-refractivity contribution in [3.05, 3.63) is 29.3 Å². The third-order valence-corrected chi connectivity index (χ3v) is 2.86. The van der Waals surface area contributed by atoms with Crippen molar-refractivity contribution >= 4 is 27.7 Å². The second-order valence-corrected chi connectivity index (χ2v) is 5.32. The van der Waals surface area contributed by atoms with Crippen LogP contribution in [0.1, 0.15) is 20.7 Å². The molecule has 9 nitrogen and oxygen atoms in total. The molecule has 0 bridgehead atoms. The van der Waals surface area contributed by atoms with E-state index in [2.05, 4.69) is 10.9 Å². The Morgan fingerprint density at radius 1 is 1.05 bits per heavy atom. The van der Waals surface area contributed by atoms with Crippen molar-refractivity contribution in [2.24, 2.45) is 0 Å². The number of carbonyl (C=O) groups is 2. The average Bonchev–Trinajstić information content (AvgIpc) is 2.33. The molecule has 0 radical (unpaired) electrons. The minimum Gasteiger partial charge on any atom is -0.478 e. The molecule has 10 heteroatoms. The van der Waals surface area contributed by atoms with E-state index in [1.54, 1.807) is 0 Å². The molecule has 0 aliphatic carbocycles. The Labute approximate surface area is 114 Å². The third kappa shape index (κ3) is 5.22. The van der Waals surface area contributed by atoms with E-state index in [1.165, 1.54) is 12.1 Å². The molecule has 20 heavy (non-hydrogen) atoms. The number of hydrogen-bond acceptors (Lipinski definition) is 6. The molecule has 0 spiro atoms. The summed E-state index contributed by atoms with van der Waals surface area (Å²) in [6, 6.07) is 3.35. The van der Waals surface area contributed by atoms with Crippen LogP contribution in [-0.4, -0.2) is 47.4 Å². The van der Waals surface area contributed by atoms with Gasteiger partial charge in [0, 0.05) is 6.54 Å². The minimum absolute atomic E-state index is 0.137. The van der Waals surface area contributed by atoms with Gasteiger partial charge in [0.05, 0.1) is 22.6 Å². The maximum absolute atomic E-state index is 10.8. The highest BCUT2D eigenvalue weighted by atomic mass is 32.2. The van der Waals surface area contributed by atoms with Crippen LogP contribution >= 0.6 is 0 Å². The van der Waals surface area contributed by atoms with Gasteiger partial charge in [0.2, 0.25) is 0 Å². The van der Waals surface area contributed by atoms with E-state index in [0.29, 0.717) is 0 Å². The van der Waals surface area contributed by atoms with Gasteiger partial charge in [-0.3, -0.25) is 4.55 Å². The molecule has 5 N–H and O–H groups in total. The highest BCUT2D eigenvalue weighted by Gasteiger charge is 2.11. The molecule has 0 saturated carbocycles. The van der Waals surface area contributed by atoms with E-state index in [4.69, 9.17) is 14.8 Å². The quantitative estimate of drug-likeness (QED) is 0.263. The molecule has 1 rings (SSSR count). The molecule has 0 amide bonds. The van der Waals surface area contributed by atoms with Gasteiger partial charge in [0.1, 0.15) is 0 Å². The molecule has 0 aliphatic heterocycles. The van der Waals surface area contributed by atoms with Crippen molar-refractivity contribution in [1.82, 2.24) is 5.43 Å². The number of hydrogen-bond donors (Lipinski definition) is 5. The number of carboxylic acids is 2. The second kappa shape index (κ2) is 6.32. The molecule has 0 fully saturated rings. The Kier molecular flexibility index (Phi) is 5.02. The maximum Gasteiger partial charge on any atom is 0.335 e. The van der Waals surface area contributed by atoms with Crippen LogP contribution in [0.3, 0.4) is 0 Å². The van der Waals surface area contributed by atoms with E-state index < -0.39 is 27.8 Å². The predicted octanol–water partition coefficient (Wildman–Crippen LogP) is -0.113. The van der Waals surface area contributed by atoms with Gasteiger partial charge in [-0.15, -0.1) is 0 Å². The Morgan fingerprint density at radius 2 is 1.55 bits per heavy atom. The second-order valence-electron chi connectivity index (χ2n) is 3.75. The van der Waals surface area contributed by atoms with Gasteiger partial charge in [0.25, 0.3) is 10.1 Å². The summed E-state index contributed by atoms with van der Waals surface area (Å²) in [6.45, 7) is -0.154. The summed E-state index contributed by atoms with van der Waals surface area (Å²) in [7, 11) is -4.11. The Bertz CT molecular complexity index is 594. The van der Waals surface area contributed by atoms with E-state index in [0.717, 1.165) is 6.07 Å². The van der Waals surface area contributed by atoms with Gasteiger partial charge in [-0.2, -0.15) is 8.42 Å². The maximum atomic E-state index is 10.8. The van der Waals surface area contributed by atoms with Gasteiger partial charge in [-0.05, 0) is 18.2 Å². The molecule has 0 saturated heterocycles. The van der Waals surface area contributed by atoms with Gasteiger partial charge in [0.15, 0.2) is 0 Å². The van der Waals surface area contributed by atoms with Crippen molar-refractivity contribution in [2.75, 3.05) is 17.7 Å². The minimum atomic E-state index is -4.11. The Balaban J connectivity index is 2.79. The lowest BCUT2D eigenvalue weighted by Gasteiger charge is -2.09. The number of anilines is 1. The van der Waals surface area contributed by atoms with E-state index in [1.807, 2.05) is 0 Å². The van der Waals surface area contributed by atoms with Gasteiger partial charge in [-0.25, -0.2) is 15.0 Å². The number of rotatable bonds is 7. The van der Waals surface area contributed by atoms with Crippen LogP contribution in [0, 0.1) is 0 Å². The summed E-state index contributed by atoms with van der Waals surface area (Å²) in [5, 5.41) is 17.7. The number of hydrazine groups is 1. The summed E-state index contributed by atoms with van der Waals surface area (Å²) in [6.07, 6.45) is 0. The standard InChI is InChI=1S/C10H12N2O7S/c13-9(14)6-3-7(10(15)16)5-8(4-6)12-11-1-2-20(17,18)19/h3-5,11-12H,1-2H2,(H,13,14)(H,15,16)(H,17,18,19). The zero-order chi connectivity index (χ0) is 15.3. The van der Waals surface area contributed by atoms with Crippen LogP contribution in [0.5, 0.6) is 0 Å². The summed E-state index contributed by atoms with van der Waals surface area (Å²) in [4.78, 5) is 21.7. The molecule has 0 atom stereocenters. The van der Waals surface area contributed by atoms with Crippen molar-refractivity contribution in [2.45, 2.75) is 0 Å². The molecular weight excluding hydrogens is 292 g/mol. The first-order valence-electron chi connectivity index (χ1n) is 5.25. The summed E-state index contributed by atoms with van der Waals surface area (Å²) < 4.78 is 29.4. The van der Waals surface area contributed by atoms with Crippen molar-refractivity contribution in [1.29, 1.82) is 0 Å². The molecule has 0 unspecified atom stereocenters. The van der Waals surface area contributed by atoms with Crippen molar-refractivity contribution in [3.63, 3.8) is 0 Å². The molecule has 0 aliphatic rings. The fourth-order valence-corrected chi connectivity index (χ4v) is 1.65. The first-order chi connectivity index (χ1) is 9.19. The normalized spacial score (nSPS) is 11.1. The number of carboxylic acid groups (broad SMARTS) is 2. The van der Waals surface area contributed by atoms with Gasteiger partial charge < -0.3 is 15.6 Å². The fraction of sp³-hybridized carbons (Fsp3) is 0.200. The Hall–Kier alpha value is -2.17. The Morgan fingerprint density at radius 3 is 1.95 bits per heavy atom. The van der Waals surface area contributed by atoms with E-state index in [9.17, 15) is 18.0 Å². The van der Waals surface area contributed by atoms with E-state index >= 15 is 0 Å². The summed E-state index contributed by atoms with van der Waals surface area (Å²) in [5.74, 6) is -3.15. The summed E-state index contributed by atoms with van der Waals surface area (Å²) >= 11 is 0. The monoisotopic (exact) mass is 304 g/mol. The highest BCUT2D eigenvalue weighted by Crippen LogP contribution is 2.14. The van der Waals surface area contributed by atoms with Crippen LogP contribution < -0.4 is 10.9 Å². The topological polar surface area (TPSA) is 153 Å². The molecule has 0 heterocycles. The highest BCUT2D eigenvalue weighted by molar-refractivity contribution is 7.85. The average molecular weight is 304 g/mol.